The first-order valence-electron chi connectivity index (χ1n) is 14.3. The first-order chi connectivity index (χ1) is 19.1. The van der Waals surface area contributed by atoms with Crippen LogP contribution in [-0.2, 0) is 11.0 Å². The molecule has 4 rings (SSSR count). The molecule has 0 unspecified atom stereocenters. The van der Waals surface area contributed by atoms with Crippen molar-refractivity contribution in [1.82, 2.24) is 9.80 Å². The topological polar surface area (TPSA) is 42.0 Å². The van der Waals surface area contributed by atoms with Crippen molar-refractivity contribution in [2.45, 2.75) is 76.7 Å². The van der Waals surface area contributed by atoms with Gasteiger partial charge in [0.15, 0.2) is 0 Å². The summed E-state index contributed by atoms with van der Waals surface area (Å²) in [5.74, 6) is -0.203. The van der Waals surface area contributed by atoms with E-state index in [0.29, 0.717) is 50.4 Å². The minimum atomic E-state index is -4.47. The van der Waals surface area contributed by atoms with Gasteiger partial charge < -0.3 is 14.4 Å². The summed E-state index contributed by atoms with van der Waals surface area (Å²) >= 11 is 0. The number of benzene rings is 2. The van der Waals surface area contributed by atoms with Gasteiger partial charge in [-0.3, -0.25) is 9.69 Å². The molecule has 5 nitrogen and oxygen atoms in total. The van der Waals surface area contributed by atoms with Crippen LogP contribution in [0.15, 0.2) is 42.5 Å². The third-order valence-corrected chi connectivity index (χ3v) is 8.33. The summed E-state index contributed by atoms with van der Waals surface area (Å²) < 4.78 is 68.4. The summed E-state index contributed by atoms with van der Waals surface area (Å²) in [4.78, 5) is 17.5. The normalized spacial score (nSPS) is 22.8. The van der Waals surface area contributed by atoms with Gasteiger partial charge in [0, 0.05) is 37.6 Å². The molecule has 2 aromatic carbocycles. The number of methoxy groups -OCH3 is 1. The van der Waals surface area contributed by atoms with Gasteiger partial charge in [0.2, 0.25) is 5.67 Å². The average molecular weight is 579 g/mol. The second-order valence-electron chi connectivity index (χ2n) is 12.8. The number of halogens is 4. The van der Waals surface area contributed by atoms with Crippen LogP contribution in [0.5, 0.6) is 11.5 Å². The second-order valence-corrected chi connectivity index (χ2v) is 12.8. The molecule has 0 aromatic heterocycles. The molecular weight excluding hydrogens is 536 g/mol. The first-order valence-corrected chi connectivity index (χ1v) is 14.3. The number of likely N-dealkylation sites (tertiary alicyclic amines) is 2. The SMILES string of the molecule is COc1ccc([C@@H]2CN(C(C)(C)C)C[C@@]2(F)C(=O)N2CCC(c3ccc(C(F)(F)F)cc3OCC(C)C)CC2)cc1. The Balaban J connectivity index is 1.54. The van der Waals surface area contributed by atoms with Crippen LogP contribution >= 0.6 is 0 Å². The summed E-state index contributed by atoms with van der Waals surface area (Å²) in [5.41, 5.74) is -1.71. The van der Waals surface area contributed by atoms with Gasteiger partial charge in [-0.05, 0) is 80.8 Å². The highest BCUT2D eigenvalue weighted by molar-refractivity contribution is 5.87. The molecule has 0 saturated carbocycles. The molecule has 1 amide bonds. The van der Waals surface area contributed by atoms with Gasteiger partial charge in [-0.2, -0.15) is 13.2 Å². The number of ether oxygens (including phenoxy) is 2. The van der Waals surface area contributed by atoms with Gasteiger partial charge in [-0.25, -0.2) is 4.39 Å². The highest BCUT2D eigenvalue weighted by Gasteiger charge is 2.57. The molecule has 0 spiro atoms. The maximum Gasteiger partial charge on any atom is 0.416 e. The summed E-state index contributed by atoms with van der Waals surface area (Å²) in [5, 5.41) is 0. The van der Waals surface area contributed by atoms with Crippen LogP contribution in [0.4, 0.5) is 17.6 Å². The number of hydrogen-bond donors (Lipinski definition) is 0. The second kappa shape index (κ2) is 11.8. The smallest absolute Gasteiger partial charge is 0.416 e. The third-order valence-electron chi connectivity index (χ3n) is 8.33. The number of carbonyl (C=O) groups excluding carboxylic acids is 1. The van der Waals surface area contributed by atoms with Gasteiger partial charge >= 0.3 is 6.18 Å². The van der Waals surface area contributed by atoms with Crippen molar-refractivity contribution in [1.29, 1.82) is 0 Å². The van der Waals surface area contributed by atoms with Crippen LogP contribution in [0.3, 0.4) is 0 Å². The van der Waals surface area contributed by atoms with Crippen molar-refractivity contribution < 1.29 is 31.8 Å². The van der Waals surface area contributed by atoms with E-state index < -0.39 is 29.2 Å². The maximum absolute atomic E-state index is 17.0. The lowest BCUT2D eigenvalue weighted by atomic mass is 9.83. The van der Waals surface area contributed by atoms with Crippen molar-refractivity contribution in [3.05, 3.63) is 59.2 Å². The van der Waals surface area contributed by atoms with E-state index in [4.69, 9.17) is 9.47 Å². The molecule has 0 N–H and O–H groups in total. The lowest BCUT2D eigenvalue weighted by Gasteiger charge is -2.38. The maximum atomic E-state index is 17.0. The van der Waals surface area contributed by atoms with E-state index in [-0.39, 0.29) is 29.7 Å². The molecule has 41 heavy (non-hydrogen) atoms. The molecule has 2 heterocycles. The van der Waals surface area contributed by atoms with Gasteiger partial charge in [0.25, 0.3) is 5.91 Å². The minimum Gasteiger partial charge on any atom is -0.497 e. The Kier molecular flexibility index (Phi) is 8.98. The summed E-state index contributed by atoms with van der Waals surface area (Å²) in [6, 6.07) is 10.9. The lowest BCUT2D eigenvalue weighted by Crippen LogP contribution is -2.53. The number of hydrogen-bond acceptors (Lipinski definition) is 4. The summed E-state index contributed by atoms with van der Waals surface area (Å²) in [6.45, 7) is 11.3. The van der Waals surface area contributed by atoms with E-state index in [1.807, 2.05) is 51.7 Å². The molecule has 0 aliphatic carbocycles. The molecule has 2 fully saturated rings. The number of amides is 1. The summed E-state index contributed by atoms with van der Waals surface area (Å²) in [7, 11) is 1.57. The van der Waals surface area contributed by atoms with Crippen LogP contribution in [0.2, 0.25) is 0 Å². The minimum absolute atomic E-state index is 0.00193. The van der Waals surface area contributed by atoms with Crippen molar-refractivity contribution in [2.75, 3.05) is 39.9 Å². The predicted octanol–water partition coefficient (Wildman–Crippen LogP) is 7.06. The Hall–Kier alpha value is -2.81. The zero-order valence-electron chi connectivity index (χ0n) is 24.9. The molecule has 2 atom stereocenters. The number of carbonyl (C=O) groups is 1. The molecule has 0 bridgehead atoms. The molecule has 226 valence electrons. The molecule has 9 heteroatoms. The number of piperidine rings is 1. The average Bonchev–Trinajstić information content (AvgIpc) is 3.30. The largest absolute Gasteiger partial charge is 0.497 e. The molecule has 2 aromatic rings. The zero-order chi connectivity index (χ0) is 30.2. The van der Waals surface area contributed by atoms with Crippen molar-refractivity contribution in [3.63, 3.8) is 0 Å². The van der Waals surface area contributed by atoms with Crippen molar-refractivity contribution in [3.8, 4) is 11.5 Å². The Morgan fingerprint density at radius 1 is 1.05 bits per heavy atom. The van der Waals surface area contributed by atoms with Crippen LogP contribution in [-0.4, -0.2) is 66.8 Å². The summed E-state index contributed by atoms with van der Waals surface area (Å²) in [6.07, 6.45) is -3.44. The molecule has 2 aliphatic rings. The van der Waals surface area contributed by atoms with Crippen LogP contribution in [0, 0.1) is 5.92 Å². The van der Waals surface area contributed by atoms with E-state index in [2.05, 4.69) is 0 Å². The zero-order valence-corrected chi connectivity index (χ0v) is 24.9. The molecule has 0 radical (unpaired) electrons. The van der Waals surface area contributed by atoms with E-state index in [0.717, 1.165) is 17.7 Å². The van der Waals surface area contributed by atoms with Gasteiger partial charge in [0.1, 0.15) is 11.5 Å². The van der Waals surface area contributed by atoms with Crippen molar-refractivity contribution in [2.24, 2.45) is 5.92 Å². The highest BCUT2D eigenvalue weighted by atomic mass is 19.4. The molecular formula is C32H42F4N2O3. The van der Waals surface area contributed by atoms with Crippen LogP contribution in [0.1, 0.15) is 76.0 Å². The Bertz CT molecular complexity index is 1200. The van der Waals surface area contributed by atoms with E-state index in [9.17, 15) is 18.0 Å². The Morgan fingerprint density at radius 2 is 1.68 bits per heavy atom. The first kappa shape index (κ1) is 31.1. The molecule has 2 aliphatic heterocycles. The fourth-order valence-electron chi connectivity index (χ4n) is 5.84. The van der Waals surface area contributed by atoms with Crippen LogP contribution in [0.25, 0.3) is 0 Å². The Labute approximate surface area is 240 Å². The molecule has 2 saturated heterocycles. The van der Waals surface area contributed by atoms with Gasteiger partial charge in [-0.1, -0.05) is 32.0 Å². The van der Waals surface area contributed by atoms with Gasteiger partial charge in [0.05, 0.1) is 19.3 Å². The highest BCUT2D eigenvalue weighted by Crippen LogP contribution is 2.45. The van der Waals surface area contributed by atoms with E-state index >= 15 is 4.39 Å². The third kappa shape index (κ3) is 6.82. The van der Waals surface area contributed by atoms with Crippen LogP contribution < -0.4 is 9.47 Å². The van der Waals surface area contributed by atoms with Crippen molar-refractivity contribution >= 4 is 5.91 Å². The van der Waals surface area contributed by atoms with E-state index in [1.54, 1.807) is 24.1 Å². The fraction of sp³-hybridized carbons (Fsp3) is 0.594. The standard InChI is InChI=1S/C32H42F4N2O3/c1-21(2)19-41-28-17-24(32(34,35)36)9-12-26(28)22-13-15-37(16-14-22)29(39)31(33)20-38(30(3,4)5)18-27(31)23-7-10-25(40-6)11-8-23/h7-12,17,21-22,27H,13-16,18-20H2,1-6H3/t27-,31-/m0/s1. The predicted molar refractivity (Wildman–Crippen MR) is 151 cm³/mol. The monoisotopic (exact) mass is 578 g/mol. The fourth-order valence-corrected chi connectivity index (χ4v) is 5.84. The number of nitrogens with zero attached hydrogens (tertiary/aromatic N) is 2. The lowest BCUT2D eigenvalue weighted by molar-refractivity contribution is -0.145. The number of rotatable bonds is 7. The quantitative estimate of drug-likeness (QED) is 0.330. The Morgan fingerprint density at radius 3 is 2.22 bits per heavy atom. The van der Waals surface area contributed by atoms with Gasteiger partial charge in [-0.15, -0.1) is 0 Å². The number of alkyl halides is 4. The van der Waals surface area contributed by atoms with E-state index in [1.165, 1.54) is 6.07 Å².